The summed E-state index contributed by atoms with van der Waals surface area (Å²) in [5, 5.41) is 14.7. The Kier molecular flexibility index (Phi) is 8.81. The standard InChI is InChI=1S/C22H35N7O4/c1-13(2)19-21(32)26-14(3)20(31)24-8-6-15-11-17(23-9-7-18(30)29-19)28-22(27-15)25-12-16-5-4-10-33-16/h11,13-14,16,19H,4-10,12H2,1-3H3,(H,24,31)(H,26,32)(H,29,30)(H2,23,25,27,28)/t14-,16-,19+/m0/s1. The highest BCUT2D eigenvalue weighted by atomic mass is 16.5. The van der Waals surface area contributed by atoms with Gasteiger partial charge in [0, 0.05) is 50.8 Å². The molecule has 0 saturated carbocycles. The van der Waals surface area contributed by atoms with Crippen LogP contribution < -0.4 is 26.6 Å². The highest BCUT2D eigenvalue weighted by Crippen LogP contribution is 2.15. The quantitative estimate of drug-likeness (QED) is 0.427. The van der Waals surface area contributed by atoms with Gasteiger partial charge in [-0.3, -0.25) is 14.4 Å². The number of carbonyl (C=O) groups is 3. The highest BCUT2D eigenvalue weighted by Gasteiger charge is 2.27. The number of anilines is 2. The highest BCUT2D eigenvalue weighted by molar-refractivity contribution is 5.92. The SMILES string of the molecule is CC(C)[C@H]1NC(=O)CCNc2cc(nc(NC[C@@H]3CCCO3)n2)CCNC(=O)[C@H](C)NC1=O. The van der Waals surface area contributed by atoms with E-state index in [4.69, 9.17) is 4.74 Å². The molecule has 0 aromatic carbocycles. The zero-order valence-electron chi connectivity index (χ0n) is 19.6. The van der Waals surface area contributed by atoms with Gasteiger partial charge in [-0.25, -0.2) is 4.98 Å². The molecule has 3 amide bonds. The van der Waals surface area contributed by atoms with Gasteiger partial charge < -0.3 is 31.3 Å². The van der Waals surface area contributed by atoms with Gasteiger partial charge in [0.15, 0.2) is 0 Å². The first-order valence-electron chi connectivity index (χ1n) is 11.7. The van der Waals surface area contributed by atoms with Gasteiger partial charge in [0.05, 0.1) is 6.10 Å². The predicted octanol–water partition coefficient (Wildman–Crippen LogP) is 0.187. The van der Waals surface area contributed by atoms with E-state index in [-0.39, 0.29) is 36.2 Å². The van der Waals surface area contributed by atoms with Crippen LogP contribution in [0.5, 0.6) is 0 Å². The fourth-order valence-electron chi connectivity index (χ4n) is 3.73. The van der Waals surface area contributed by atoms with E-state index < -0.39 is 12.1 Å². The van der Waals surface area contributed by atoms with Crippen molar-refractivity contribution in [2.45, 2.75) is 64.6 Å². The summed E-state index contributed by atoms with van der Waals surface area (Å²) in [6.07, 6.45) is 2.87. The first-order chi connectivity index (χ1) is 15.8. The van der Waals surface area contributed by atoms with Crippen LogP contribution in [0.15, 0.2) is 6.07 Å². The van der Waals surface area contributed by atoms with Crippen molar-refractivity contribution in [3.05, 3.63) is 11.8 Å². The molecule has 2 aliphatic heterocycles. The average Bonchev–Trinajstić information content (AvgIpc) is 3.28. The Morgan fingerprint density at radius 1 is 1.09 bits per heavy atom. The van der Waals surface area contributed by atoms with E-state index in [9.17, 15) is 14.4 Å². The largest absolute Gasteiger partial charge is 0.376 e. The Morgan fingerprint density at radius 3 is 2.61 bits per heavy atom. The molecule has 1 aromatic rings. The van der Waals surface area contributed by atoms with Crippen molar-refractivity contribution >= 4 is 29.5 Å². The van der Waals surface area contributed by atoms with Crippen LogP contribution in [0.3, 0.4) is 0 Å². The molecule has 182 valence electrons. The van der Waals surface area contributed by atoms with E-state index in [1.807, 2.05) is 19.9 Å². The molecule has 11 nitrogen and oxygen atoms in total. The lowest BCUT2D eigenvalue weighted by atomic mass is 10.0. The molecule has 2 bridgehead atoms. The third-order valence-corrected chi connectivity index (χ3v) is 5.65. The van der Waals surface area contributed by atoms with Crippen molar-refractivity contribution in [3.8, 4) is 0 Å². The second-order valence-corrected chi connectivity index (χ2v) is 8.82. The lowest BCUT2D eigenvalue weighted by molar-refractivity contribution is -0.132. The molecular weight excluding hydrogens is 426 g/mol. The normalized spacial score (nSPS) is 25.1. The van der Waals surface area contributed by atoms with Gasteiger partial charge in [-0.15, -0.1) is 0 Å². The Balaban J connectivity index is 1.73. The Labute approximate surface area is 194 Å². The van der Waals surface area contributed by atoms with Crippen LogP contribution in [0.1, 0.15) is 45.7 Å². The molecule has 2 aliphatic rings. The van der Waals surface area contributed by atoms with Crippen molar-refractivity contribution in [1.82, 2.24) is 25.9 Å². The van der Waals surface area contributed by atoms with E-state index in [0.29, 0.717) is 37.8 Å². The summed E-state index contributed by atoms with van der Waals surface area (Å²) < 4.78 is 5.65. The molecule has 3 atom stereocenters. The predicted molar refractivity (Wildman–Crippen MR) is 124 cm³/mol. The Hall–Kier alpha value is -2.95. The van der Waals surface area contributed by atoms with Gasteiger partial charge in [-0.2, -0.15) is 4.98 Å². The molecule has 11 heteroatoms. The van der Waals surface area contributed by atoms with Crippen LogP contribution >= 0.6 is 0 Å². The molecule has 1 aromatic heterocycles. The Bertz CT molecular complexity index is 842. The maximum Gasteiger partial charge on any atom is 0.243 e. The Morgan fingerprint density at radius 2 is 1.88 bits per heavy atom. The number of aromatic nitrogens is 2. The van der Waals surface area contributed by atoms with Gasteiger partial charge in [-0.05, 0) is 25.7 Å². The fourth-order valence-corrected chi connectivity index (χ4v) is 3.73. The van der Waals surface area contributed by atoms with Crippen molar-refractivity contribution in [3.63, 3.8) is 0 Å². The summed E-state index contributed by atoms with van der Waals surface area (Å²) in [6.45, 7) is 7.43. The second kappa shape index (κ2) is 11.8. The van der Waals surface area contributed by atoms with Crippen molar-refractivity contribution in [2.75, 3.05) is 36.9 Å². The summed E-state index contributed by atoms with van der Waals surface area (Å²) >= 11 is 0. The number of hydrogen-bond acceptors (Lipinski definition) is 8. The first kappa shape index (κ1) is 24.7. The smallest absolute Gasteiger partial charge is 0.243 e. The molecule has 3 heterocycles. The lowest BCUT2D eigenvalue weighted by Gasteiger charge is -2.24. The second-order valence-electron chi connectivity index (χ2n) is 8.82. The summed E-state index contributed by atoms with van der Waals surface area (Å²) in [7, 11) is 0. The molecule has 1 fully saturated rings. The van der Waals surface area contributed by atoms with Crippen LogP contribution in [-0.4, -0.2) is 72.1 Å². The molecule has 5 N–H and O–H groups in total. The maximum absolute atomic E-state index is 12.6. The number of hydrogen-bond donors (Lipinski definition) is 5. The van der Waals surface area contributed by atoms with E-state index >= 15 is 0 Å². The van der Waals surface area contributed by atoms with E-state index in [2.05, 4.69) is 36.6 Å². The van der Waals surface area contributed by atoms with Crippen LogP contribution in [0, 0.1) is 5.92 Å². The molecule has 33 heavy (non-hydrogen) atoms. The van der Waals surface area contributed by atoms with Crippen LogP contribution in [0.4, 0.5) is 11.8 Å². The molecular formula is C22H35N7O4. The van der Waals surface area contributed by atoms with E-state index in [0.717, 1.165) is 25.1 Å². The topological polar surface area (TPSA) is 146 Å². The summed E-state index contributed by atoms with van der Waals surface area (Å²) in [4.78, 5) is 46.6. The van der Waals surface area contributed by atoms with Crippen LogP contribution in [0.25, 0.3) is 0 Å². The molecule has 1 saturated heterocycles. The minimum atomic E-state index is -0.727. The van der Waals surface area contributed by atoms with E-state index in [1.54, 1.807) is 6.92 Å². The van der Waals surface area contributed by atoms with Crippen LogP contribution in [0.2, 0.25) is 0 Å². The number of nitrogens with zero attached hydrogens (tertiary/aromatic N) is 2. The maximum atomic E-state index is 12.6. The molecule has 3 rings (SSSR count). The lowest BCUT2D eigenvalue weighted by Crippen LogP contribution is -2.54. The summed E-state index contributed by atoms with van der Waals surface area (Å²) in [5.74, 6) is 0.00460. The zero-order valence-corrected chi connectivity index (χ0v) is 19.6. The minimum Gasteiger partial charge on any atom is -0.376 e. The number of ether oxygens (including phenoxy) is 1. The molecule has 0 unspecified atom stereocenters. The monoisotopic (exact) mass is 461 g/mol. The van der Waals surface area contributed by atoms with Gasteiger partial charge in [0.1, 0.15) is 17.9 Å². The van der Waals surface area contributed by atoms with E-state index in [1.165, 1.54) is 0 Å². The molecule has 0 aliphatic carbocycles. The number of rotatable bonds is 4. The van der Waals surface area contributed by atoms with Gasteiger partial charge in [0.25, 0.3) is 0 Å². The number of nitrogens with one attached hydrogen (secondary N) is 5. The third-order valence-electron chi connectivity index (χ3n) is 5.65. The number of fused-ring (bicyclic) bond motifs is 2. The molecule has 0 radical (unpaired) electrons. The van der Waals surface area contributed by atoms with Gasteiger partial charge in [-0.1, -0.05) is 13.8 Å². The molecule has 0 spiro atoms. The van der Waals surface area contributed by atoms with Crippen molar-refractivity contribution in [2.24, 2.45) is 5.92 Å². The fraction of sp³-hybridized carbons (Fsp3) is 0.682. The van der Waals surface area contributed by atoms with Gasteiger partial charge in [0.2, 0.25) is 23.7 Å². The summed E-state index contributed by atoms with van der Waals surface area (Å²) in [5.41, 5.74) is 0.746. The zero-order chi connectivity index (χ0) is 23.8. The van der Waals surface area contributed by atoms with Crippen molar-refractivity contribution < 1.29 is 19.1 Å². The average molecular weight is 462 g/mol. The minimum absolute atomic E-state index is 0.127. The first-order valence-corrected chi connectivity index (χ1v) is 11.7. The number of amides is 3. The third kappa shape index (κ3) is 7.55. The van der Waals surface area contributed by atoms with Crippen LogP contribution in [-0.2, 0) is 25.5 Å². The summed E-state index contributed by atoms with van der Waals surface area (Å²) in [6, 6.07) is 0.365. The number of carbonyl (C=O) groups excluding carboxylic acids is 3. The van der Waals surface area contributed by atoms with Gasteiger partial charge >= 0.3 is 0 Å². The van der Waals surface area contributed by atoms with Crippen molar-refractivity contribution in [1.29, 1.82) is 0 Å².